The van der Waals surface area contributed by atoms with Gasteiger partial charge in [0.05, 0.1) is 4.92 Å². The Morgan fingerprint density at radius 2 is 2.39 bits per heavy atom. The van der Waals surface area contributed by atoms with Gasteiger partial charge in [-0.25, -0.2) is 9.78 Å². The first kappa shape index (κ1) is 14.6. The molecule has 1 rings (SSSR count). The van der Waals surface area contributed by atoms with Gasteiger partial charge >= 0.3 is 6.16 Å². The van der Waals surface area contributed by atoms with Crippen molar-refractivity contribution >= 4 is 33.4 Å². The summed E-state index contributed by atoms with van der Waals surface area (Å²) in [7, 11) is 2.69. The van der Waals surface area contributed by atoms with Crippen LogP contribution in [0.1, 0.15) is 6.92 Å². The highest BCUT2D eigenvalue weighted by Gasteiger charge is 2.09. The van der Waals surface area contributed by atoms with Gasteiger partial charge in [-0.05, 0) is 23.8 Å². The third kappa shape index (κ3) is 5.23. The molecule has 0 saturated heterocycles. The molecule has 1 N–H and O–H groups in total. The van der Waals surface area contributed by atoms with Crippen LogP contribution in [-0.2, 0) is 4.74 Å². The molecule has 98 valence electrons. The lowest BCUT2D eigenvalue weighted by atomic mass is 10.4. The molecular formula is C9H10N2O5S2. The number of nitro groups is 1. The summed E-state index contributed by atoms with van der Waals surface area (Å²) in [6.45, 7) is 1.89. The maximum atomic E-state index is 10.4. The van der Waals surface area contributed by atoms with Crippen molar-refractivity contribution in [2.75, 3.05) is 6.61 Å². The largest absolute Gasteiger partial charge is 0.505 e. The van der Waals surface area contributed by atoms with Gasteiger partial charge in [0.1, 0.15) is 17.8 Å². The second kappa shape index (κ2) is 7.07. The Labute approximate surface area is 110 Å². The number of nitrogens with zero attached hydrogens (tertiary/aromatic N) is 2. The molecule has 1 aromatic heterocycles. The fourth-order valence-electron chi connectivity index (χ4n) is 0.878. The van der Waals surface area contributed by atoms with Crippen LogP contribution in [0.3, 0.4) is 0 Å². The topological polar surface area (TPSA) is 103 Å². The molecule has 0 saturated carbocycles. The van der Waals surface area contributed by atoms with Crippen molar-refractivity contribution in [1.29, 1.82) is 0 Å². The molecule has 0 aliphatic rings. The summed E-state index contributed by atoms with van der Waals surface area (Å²) in [5.74, 6) is 0. The quantitative estimate of drug-likeness (QED) is 0.369. The number of ether oxygens (including phenoxy) is 1. The maximum absolute atomic E-state index is 10.4. The molecule has 18 heavy (non-hydrogen) atoms. The summed E-state index contributed by atoms with van der Waals surface area (Å²) in [6.07, 6.45) is -0.123. The molecule has 9 heteroatoms. The van der Waals surface area contributed by atoms with Gasteiger partial charge in [-0.3, -0.25) is 10.1 Å². The van der Waals surface area contributed by atoms with E-state index in [-0.39, 0.29) is 17.5 Å². The lowest BCUT2D eigenvalue weighted by Crippen LogP contribution is -2.10. The summed E-state index contributed by atoms with van der Waals surface area (Å²) in [4.78, 5) is 24.0. The van der Waals surface area contributed by atoms with Gasteiger partial charge in [0.25, 0.3) is 5.69 Å². The molecule has 1 unspecified atom stereocenters. The van der Waals surface area contributed by atoms with Crippen LogP contribution in [0.5, 0.6) is 0 Å². The number of hydrogen-bond donors (Lipinski definition) is 1. The smallest absolute Gasteiger partial charge is 0.450 e. The van der Waals surface area contributed by atoms with Crippen molar-refractivity contribution in [2.24, 2.45) is 0 Å². The Balaban J connectivity index is 2.39. The van der Waals surface area contributed by atoms with Gasteiger partial charge in [0.15, 0.2) is 0 Å². The van der Waals surface area contributed by atoms with E-state index in [1.54, 1.807) is 6.07 Å². The summed E-state index contributed by atoms with van der Waals surface area (Å²) in [5.41, 5.74) is -0.0633. The molecule has 7 nitrogen and oxygen atoms in total. The monoisotopic (exact) mass is 290 g/mol. The molecule has 0 aliphatic carbocycles. The number of carbonyl (C=O) groups is 1. The Morgan fingerprint density at radius 3 is 2.89 bits per heavy atom. The lowest BCUT2D eigenvalue weighted by Gasteiger charge is -2.08. The molecule has 1 atom stereocenters. The van der Waals surface area contributed by atoms with Gasteiger partial charge in [-0.1, -0.05) is 10.8 Å². The average molecular weight is 290 g/mol. The van der Waals surface area contributed by atoms with Gasteiger partial charge in [-0.15, -0.1) is 0 Å². The van der Waals surface area contributed by atoms with Crippen molar-refractivity contribution in [2.45, 2.75) is 17.2 Å². The highest BCUT2D eigenvalue weighted by molar-refractivity contribution is 8.76. The van der Waals surface area contributed by atoms with E-state index in [1.165, 1.54) is 33.9 Å². The van der Waals surface area contributed by atoms with E-state index in [2.05, 4.69) is 9.72 Å². The molecule has 1 aromatic rings. The minimum atomic E-state index is -1.30. The Bertz CT molecular complexity index is 425. The SMILES string of the molecule is CC(COC(=O)O)SSc1ccc([N+](=O)[O-])cn1. The zero-order valence-corrected chi connectivity index (χ0v) is 10.9. The number of carboxylic acid groups (broad SMARTS) is 1. The summed E-state index contributed by atoms with van der Waals surface area (Å²) < 4.78 is 4.42. The van der Waals surface area contributed by atoms with E-state index in [0.717, 1.165) is 0 Å². The van der Waals surface area contributed by atoms with Crippen molar-refractivity contribution in [3.63, 3.8) is 0 Å². The fraction of sp³-hybridized carbons (Fsp3) is 0.333. The van der Waals surface area contributed by atoms with E-state index >= 15 is 0 Å². The zero-order chi connectivity index (χ0) is 13.5. The van der Waals surface area contributed by atoms with Crippen molar-refractivity contribution in [3.8, 4) is 0 Å². The van der Waals surface area contributed by atoms with E-state index in [4.69, 9.17) is 5.11 Å². The van der Waals surface area contributed by atoms with Crippen LogP contribution in [0, 0.1) is 10.1 Å². The summed E-state index contributed by atoms with van der Waals surface area (Å²) >= 11 is 0. The molecular weight excluding hydrogens is 280 g/mol. The highest BCUT2D eigenvalue weighted by atomic mass is 33.1. The molecule has 0 amide bonds. The molecule has 0 radical (unpaired) electrons. The van der Waals surface area contributed by atoms with Crippen LogP contribution in [0.15, 0.2) is 23.4 Å². The van der Waals surface area contributed by atoms with Crippen LogP contribution >= 0.6 is 21.6 Å². The molecule has 0 spiro atoms. The van der Waals surface area contributed by atoms with Gasteiger partial charge < -0.3 is 9.84 Å². The van der Waals surface area contributed by atoms with Crippen LogP contribution < -0.4 is 0 Å². The summed E-state index contributed by atoms with van der Waals surface area (Å²) in [6, 6.07) is 2.91. The van der Waals surface area contributed by atoms with Gasteiger partial charge in [0.2, 0.25) is 0 Å². The van der Waals surface area contributed by atoms with E-state index in [0.29, 0.717) is 5.03 Å². The number of rotatable bonds is 6. The minimum Gasteiger partial charge on any atom is -0.450 e. The standard InChI is InChI=1S/C9H10N2O5S2/c1-6(5-16-9(12)13)17-18-8-3-2-7(4-10-8)11(14)15/h2-4,6H,5H2,1H3,(H,12,13). The van der Waals surface area contributed by atoms with E-state index in [1.807, 2.05) is 6.92 Å². The van der Waals surface area contributed by atoms with Crippen LogP contribution in [0.2, 0.25) is 0 Å². The minimum absolute atomic E-state index is 0.0388. The molecule has 0 bridgehead atoms. The van der Waals surface area contributed by atoms with Crippen molar-refractivity contribution in [1.82, 2.24) is 4.98 Å². The molecule has 0 fully saturated rings. The number of pyridine rings is 1. The first-order chi connectivity index (χ1) is 8.49. The zero-order valence-electron chi connectivity index (χ0n) is 9.31. The maximum Gasteiger partial charge on any atom is 0.505 e. The molecule has 0 aromatic carbocycles. The summed E-state index contributed by atoms with van der Waals surface area (Å²) in [5, 5.41) is 19.3. The van der Waals surface area contributed by atoms with Gasteiger partial charge in [0, 0.05) is 11.3 Å². The second-order valence-electron chi connectivity index (χ2n) is 3.18. The second-order valence-corrected chi connectivity index (χ2v) is 5.84. The highest BCUT2D eigenvalue weighted by Crippen LogP contribution is 2.33. The van der Waals surface area contributed by atoms with Crippen LogP contribution in [-0.4, -0.2) is 33.0 Å². The van der Waals surface area contributed by atoms with Crippen LogP contribution in [0.4, 0.5) is 10.5 Å². The van der Waals surface area contributed by atoms with Gasteiger partial charge in [-0.2, -0.15) is 0 Å². The first-order valence-electron chi connectivity index (χ1n) is 4.78. The predicted molar refractivity (Wildman–Crippen MR) is 67.8 cm³/mol. The fourth-order valence-corrected chi connectivity index (χ4v) is 2.73. The normalized spacial score (nSPS) is 11.8. The number of aromatic nitrogens is 1. The molecule has 0 aliphatic heterocycles. The Kier molecular flexibility index (Phi) is 5.72. The van der Waals surface area contributed by atoms with Crippen LogP contribution in [0.25, 0.3) is 0 Å². The van der Waals surface area contributed by atoms with E-state index in [9.17, 15) is 14.9 Å². The van der Waals surface area contributed by atoms with Crippen molar-refractivity contribution in [3.05, 3.63) is 28.4 Å². The van der Waals surface area contributed by atoms with Crippen molar-refractivity contribution < 1.29 is 19.6 Å². The average Bonchev–Trinajstić information content (AvgIpc) is 2.34. The Morgan fingerprint density at radius 1 is 1.67 bits per heavy atom. The lowest BCUT2D eigenvalue weighted by molar-refractivity contribution is -0.385. The number of hydrogen-bond acceptors (Lipinski definition) is 7. The molecule has 1 heterocycles. The van der Waals surface area contributed by atoms with E-state index < -0.39 is 11.1 Å². The predicted octanol–water partition coefficient (Wildman–Crippen LogP) is 2.81. The Hall–Kier alpha value is -1.48. The third-order valence-corrected chi connectivity index (χ3v) is 4.43. The first-order valence-corrected chi connectivity index (χ1v) is 7.00. The third-order valence-electron chi connectivity index (χ3n) is 1.67.